The van der Waals surface area contributed by atoms with Crippen LogP contribution in [0.5, 0.6) is 5.75 Å². The maximum atomic E-state index is 12.0. The predicted molar refractivity (Wildman–Crippen MR) is 83.8 cm³/mol. The summed E-state index contributed by atoms with van der Waals surface area (Å²) in [6.07, 6.45) is 1.19. The molecule has 0 fully saturated rings. The highest BCUT2D eigenvalue weighted by molar-refractivity contribution is 6.30. The summed E-state index contributed by atoms with van der Waals surface area (Å²) in [5.41, 5.74) is 0.649. The molecule has 0 aliphatic carbocycles. The highest BCUT2D eigenvalue weighted by atomic mass is 35.5. The summed E-state index contributed by atoms with van der Waals surface area (Å²) in [5.74, 6) is 0.320. The first-order chi connectivity index (χ1) is 10.6. The van der Waals surface area contributed by atoms with E-state index in [1.807, 2.05) is 6.07 Å². The number of benzene rings is 2. The summed E-state index contributed by atoms with van der Waals surface area (Å²) in [5, 5.41) is 0.398. The number of carbonyl (C=O) groups excluding carboxylic acids is 1. The largest absolute Gasteiger partial charge is 0.485 e. The van der Waals surface area contributed by atoms with Crippen LogP contribution < -0.4 is 10.2 Å². The SMILES string of the molecule is O=C(COc1ccc2c(=O)c(Cl)coc2c1)c1ccccc1. The van der Waals surface area contributed by atoms with Crippen molar-refractivity contribution in [1.82, 2.24) is 0 Å². The average Bonchev–Trinajstić information content (AvgIpc) is 2.57. The first-order valence-corrected chi connectivity index (χ1v) is 6.95. The van der Waals surface area contributed by atoms with Crippen LogP contribution in [0.1, 0.15) is 10.4 Å². The lowest BCUT2D eigenvalue weighted by molar-refractivity contribution is 0.0921. The summed E-state index contributed by atoms with van der Waals surface area (Å²) < 4.78 is 10.7. The van der Waals surface area contributed by atoms with E-state index in [0.717, 1.165) is 0 Å². The monoisotopic (exact) mass is 314 g/mol. The van der Waals surface area contributed by atoms with E-state index < -0.39 is 0 Å². The molecule has 0 radical (unpaired) electrons. The Morgan fingerprint density at radius 3 is 2.68 bits per heavy atom. The molecule has 0 bridgehead atoms. The summed E-state index contributed by atoms with van der Waals surface area (Å²) in [7, 11) is 0. The molecule has 0 spiro atoms. The van der Waals surface area contributed by atoms with Crippen molar-refractivity contribution in [2.24, 2.45) is 0 Å². The van der Waals surface area contributed by atoms with Gasteiger partial charge in [0.2, 0.25) is 5.43 Å². The summed E-state index contributed by atoms with van der Waals surface area (Å²) >= 11 is 5.72. The predicted octanol–water partition coefficient (Wildman–Crippen LogP) is 3.71. The topological polar surface area (TPSA) is 56.5 Å². The number of Topliss-reactive ketones (excluding diaryl/α,β-unsaturated/α-hetero) is 1. The van der Waals surface area contributed by atoms with Gasteiger partial charge in [0.15, 0.2) is 12.4 Å². The van der Waals surface area contributed by atoms with Crippen LogP contribution in [-0.2, 0) is 0 Å². The van der Waals surface area contributed by atoms with E-state index in [0.29, 0.717) is 22.3 Å². The molecule has 0 aliphatic heterocycles. The zero-order valence-electron chi connectivity index (χ0n) is 11.4. The van der Waals surface area contributed by atoms with Crippen LogP contribution >= 0.6 is 11.6 Å². The molecule has 0 atom stereocenters. The van der Waals surface area contributed by atoms with Crippen LogP contribution in [0.3, 0.4) is 0 Å². The van der Waals surface area contributed by atoms with Crippen LogP contribution in [0, 0.1) is 0 Å². The molecular formula is C17H11ClO4. The summed E-state index contributed by atoms with van der Waals surface area (Å²) in [4.78, 5) is 23.8. The molecule has 0 aliphatic rings. The Bertz CT molecular complexity index is 884. The molecule has 0 amide bonds. The molecule has 110 valence electrons. The zero-order valence-corrected chi connectivity index (χ0v) is 12.2. The molecule has 5 heteroatoms. The maximum absolute atomic E-state index is 12.0. The van der Waals surface area contributed by atoms with E-state index in [1.54, 1.807) is 42.5 Å². The van der Waals surface area contributed by atoms with Gasteiger partial charge in [-0.1, -0.05) is 41.9 Å². The zero-order chi connectivity index (χ0) is 15.5. The van der Waals surface area contributed by atoms with Gasteiger partial charge in [0.1, 0.15) is 22.6 Å². The molecule has 0 saturated heterocycles. The Balaban J connectivity index is 1.79. The van der Waals surface area contributed by atoms with Gasteiger partial charge in [-0.3, -0.25) is 9.59 Å². The molecule has 1 heterocycles. The quantitative estimate of drug-likeness (QED) is 0.689. The number of halogens is 1. The Morgan fingerprint density at radius 2 is 1.91 bits per heavy atom. The molecule has 1 aromatic heterocycles. The maximum Gasteiger partial charge on any atom is 0.211 e. The molecule has 0 N–H and O–H groups in total. The first kappa shape index (κ1) is 14.4. The highest BCUT2D eigenvalue weighted by Gasteiger charge is 2.09. The number of hydrogen-bond donors (Lipinski definition) is 0. The fourth-order valence-electron chi connectivity index (χ4n) is 2.03. The van der Waals surface area contributed by atoms with E-state index >= 15 is 0 Å². The average molecular weight is 315 g/mol. The van der Waals surface area contributed by atoms with Crippen molar-refractivity contribution in [2.45, 2.75) is 0 Å². The fraction of sp³-hybridized carbons (Fsp3) is 0.0588. The lowest BCUT2D eigenvalue weighted by atomic mass is 10.1. The van der Waals surface area contributed by atoms with Crippen molar-refractivity contribution in [3.8, 4) is 5.75 Å². The van der Waals surface area contributed by atoms with E-state index in [4.69, 9.17) is 20.8 Å². The lowest BCUT2D eigenvalue weighted by Crippen LogP contribution is -2.11. The Labute approximate surface area is 130 Å². The molecule has 3 aromatic rings. The van der Waals surface area contributed by atoms with Gasteiger partial charge >= 0.3 is 0 Å². The third-order valence-electron chi connectivity index (χ3n) is 3.17. The molecule has 0 saturated carbocycles. The minimum Gasteiger partial charge on any atom is -0.485 e. The third kappa shape index (κ3) is 2.87. The van der Waals surface area contributed by atoms with Crippen LogP contribution in [0.4, 0.5) is 0 Å². The number of ketones is 1. The van der Waals surface area contributed by atoms with Gasteiger partial charge in [-0.25, -0.2) is 0 Å². The van der Waals surface area contributed by atoms with Gasteiger partial charge in [-0.15, -0.1) is 0 Å². The van der Waals surface area contributed by atoms with Gasteiger partial charge in [0.25, 0.3) is 0 Å². The lowest BCUT2D eigenvalue weighted by Gasteiger charge is -2.06. The third-order valence-corrected chi connectivity index (χ3v) is 3.43. The highest BCUT2D eigenvalue weighted by Crippen LogP contribution is 2.20. The van der Waals surface area contributed by atoms with Crippen molar-refractivity contribution in [3.05, 3.63) is 75.6 Å². The van der Waals surface area contributed by atoms with Gasteiger partial charge in [-0.2, -0.15) is 0 Å². The van der Waals surface area contributed by atoms with Gasteiger partial charge in [-0.05, 0) is 12.1 Å². The standard InChI is InChI=1S/C17H11ClO4/c18-14-9-22-16-8-12(6-7-13(16)17(14)20)21-10-15(19)11-4-2-1-3-5-11/h1-9H,10H2. The number of rotatable bonds is 4. The Morgan fingerprint density at radius 1 is 1.14 bits per heavy atom. The number of fused-ring (bicyclic) bond motifs is 1. The van der Waals surface area contributed by atoms with Crippen molar-refractivity contribution < 1.29 is 13.9 Å². The van der Waals surface area contributed by atoms with Crippen molar-refractivity contribution in [2.75, 3.05) is 6.61 Å². The van der Waals surface area contributed by atoms with Gasteiger partial charge in [0, 0.05) is 11.6 Å². The number of hydrogen-bond acceptors (Lipinski definition) is 4. The molecular weight excluding hydrogens is 304 g/mol. The molecule has 2 aromatic carbocycles. The van der Waals surface area contributed by atoms with Crippen LogP contribution in [0.15, 0.2) is 64.0 Å². The Kier molecular flexibility index (Phi) is 3.94. The normalized spacial score (nSPS) is 10.6. The first-order valence-electron chi connectivity index (χ1n) is 6.57. The Hall–Kier alpha value is -2.59. The van der Waals surface area contributed by atoms with E-state index in [2.05, 4.69) is 0 Å². The minimum atomic E-state index is -0.296. The summed E-state index contributed by atoms with van der Waals surface area (Å²) in [6, 6.07) is 13.6. The minimum absolute atomic E-state index is 0.0282. The molecule has 22 heavy (non-hydrogen) atoms. The molecule has 3 rings (SSSR count). The van der Waals surface area contributed by atoms with E-state index in [-0.39, 0.29) is 22.8 Å². The fourth-order valence-corrected chi connectivity index (χ4v) is 2.18. The second kappa shape index (κ2) is 6.03. The van der Waals surface area contributed by atoms with E-state index in [1.165, 1.54) is 6.26 Å². The smallest absolute Gasteiger partial charge is 0.211 e. The van der Waals surface area contributed by atoms with Crippen molar-refractivity contribution in [3.63, 3.8) is 0 Å². The summed E-state index contributed by atoms with van der Waals surface area (Å²) in [6.45, 7) is -0.0899. The van der Waals surface area contributed by atoms with Crippen LogP contribution in [0.2, 0.25) is 5.02 Å². The second-order valence-corrected chi connectivity index (χ2v) is 5.06. The van der Waals surface area contributed by atoms with E-state index in [9.17, 15) is 9.59 Å². The van der Waals surface area contributed by atoms with Gasteiger partial charge < -0.3 is 9.15 Å². The number of ether oxygens (including phenoxy) is 1. The second-order valence-electron chi connectivity index (χ2n) is 4.65. The molecule has 0 unspecified atom stereocenters. The van der Waals surface area contributed by atoms with Crippen LogP contribution in [0.25, 0.3) is 11.0 Å². The van der Waals surface area contributed by atoms with Crippen LogP contribution in [-0.4, -0.2) is 12.4 Å². The van der Waals surface area contributed by atoms with Crippen molar-refractivity contribution >= 4 is 28.4 Å². The molecule has 4 nitrogen and oxygen atoms in total. The van der Waals surface area contributed by atoms with Gasteiger partial charge in [0.05, 0.1) is 5.39 Å². The van der Waals surface area contributed by atoms with Crippen molar-refractivity contribution in [1.29, 1.82) is 0 Å². The number of carbonyl (C=O) groups is 1.